The molecule has 84 valence electrons. The van der Waals surface area contributed by atoms with E-state index in [2.05, 4.69) is 10.3 Å². The number of hydrogen-bond donors (Lipinski definition) is 3. The lowest BCUT2D eigenvalue weighted by molar-refractivity contribution is 0.194. The number of H-pyrrole nitrogens is 1. The number of aromatic amines is 1. The van der Waals surface area contributed by atoms with Gasteiger partial charge in [-0.1, -0.05) is 17.7 Å². The Morgan fingerprint density at radius 2 is 2.31 bits per heavy atom. The molecule has 16 heavy (non-hydrogen) atoms. The zero-order valence-electron chi connectivity index (χ0n) is 8.46. The Labute approximate surface area is 97.2 Å². The van der Waals surface area contributed by atoms with Crippen LogP contribution in [-0.2, 0) is 6.42 Å². The van der Waals surface area contributed by atoms with Gasteiger partial charge in [0.1, 0.15) is 0 Å². The number of hydrogen-bond acceptors (Lipinski definition) is 1. The molecule has 1 aromatic carbocycles. The molecule has 1 heterocycles. The van der Waals surface area contributed by atoms with Crippen molar-refractivity contribution < 1.29 is 9.90 Å². The van der Waals surface area contributed by atoms with Crippen LogP contribution in [0.5, 0.6) is 0 Å². The van der Waals surface area contributed by atoms with Gasteiger partial charge >= 0.3 is 6.09 Å². The number of rotatable bonds is 3. The average molecular weight is 239 g/mol. The maximum absolute atomic E-state index is 10.3. The van der Waals surface area contributed by atoms with Crippen LogP contribution in [-0.4, -0.2) is 22.7 Å². The molecule has 2 aromatic rings. The fourth-order valence-corrected chi connectivity index (χ4v) is 2.00. The minimum Gasteiger partial charge on any atom is -0.465 e. The predicted octanol–water partition coefficient (Wildman–Crippen LogP) is 2.63. The normalized spacial score (nSPS) is 10.6. The van der Waals surface area contributed by atoms with Crippen LogP contribution in [0.15, 0.2) is 24.4 Å². The van der Waals surface area contributed by atoms with E-state index in [1.165, 1.54) is 0 Å². The van der Waals surface area contributed by atoms with E-state index < -0.39 is 6.09 Å². The molecule has 0 saturated heterocycles. The lowest BCUT2D eigenvalue weighted by Gasteiger charge is -2.01. The predicted molar refractivity (Wildman–Crippen MR) is 63.0 cm³/mol. The molecule has 0 bridgehead atoms. The second-order valence-electron chi connectivity index (χ2n) is 3.46. The molecule has 0 atom stereocenters. The quantitative estimate of drug-likeness (QED) is 0.770. The lowest BCUT2D eigenvalue weighted by Crippen LogP contribution is -2.23. The number of fused-ring (bicyclic) bond motifs is 1. The molecule has 0 unspecified atom stereocenters. The van der Waals surface area contributed by atoms with Crippen LogP contribution in [0.25, 0.3) is 10.9 Å². The zero-order valence-corrected chi connectivity index (χ0v) is 9.21. The largest absolute Gasteiger partial charge is 0.465 e. The van der Waals surface area contributed by atoms with Crippen molar-refractivity contribution in [3.63, 3.8) is 0 Å². The van der Waals surface area contributed by atoms with Crippen molar-refractivity contribution >= 4 is 28.6 Å². The van der Waals surface area contributed by atoms with Crippen molar-refractivity contribution in [2.24, 2.45) is 0 Å². The summed E-state index contributed by atoms with van der Waals surface area (Å²) in [5, 5.41) is 12.4. The monoisotopic (exact) mass is 238 g/mol. The van der Waals surface area contributed by atoms with Gasteiger partial charge < -0.3 is 15.4 Å². The maximum Gasteiger partial charge on any atom is 0.404 e. The standard InChI is InChI=1S/C11H11ClN2O2/c12-8-2-1-3-9-10(8)7(6-14-9)4-5-13-11(15)16/h1-3,6,13-14H,4-5H2,(H,15,16). The van der Waals surface area contributed by atoms with Crippen molar-refractivity contribution in [3.05, 3.63) is 35.0 Å². The summed E-state index contributed by atoms with van der Waals surface area (Å²) in [6.07, 6.45) is 1.47. The van der Waals surface area contributed by atoms with Gasteiger partial charge in [-0.05, 0) is 24.1 Å². The first kappa shape index (κ1) is 10.8. The lowest BCUT2D eigenvalue weighted by atomic mass is 10.1. The summed E-state index contributed by atoms with van der Waals surface area (Å²) >= 11 is 6.09. The second kappa shape index (κ2) is 4.45. The third-order valence-electron chi connectivity index (χ3n) is 2.41. The second-order valence-corrected chi connectivity index (χ2v) is 3.87. The van der Waals surface area contributed by atoms with Gasteiger partial charge in [-0.3, -0.25) is 0 Å². The van der Waals surface area contributed by atoms with E-state index in [1.807, 2.05) is 24.4 Å². The van der Waals surface area contributed by atoms with Crippen LogP contribution in [0.4, 0.5) is 4.79 Å². The molecule has 0 aliphatic rings. The maximum atomic E-state index is 10.3. The topological polar surface area (TPSA) is 65.1 Å². The molecule has 0 aliphatic carbocycles. The number of carbonyl (C=O) groups is 1. The average Bonchev–Trinajstić information content (AvgIpc) is 2.62. The van der Waals surface area contributed by atoms with Gasteiger partial charge in [0.25, 0.3) is 0 Å². The van der Waals surface area contributed by atoms with E-state index in [0.29, 0.717) is 18.0 Å². The summed E-state index contributed by atoms with van der Waals surface area (Å²) < 4.78 is 0. The summed E-state index contributed by atoms with van der Waals surface area (Å²) in [4.78, 5) is 13.4. The van der Waals surface area contributed by atoms with E-state index in [0.717, 1.165) is 16.5 Å². The highest BCUT2D eigenvalue weighted by Crippen LogP contribution is 2.26. The van der Waals surface area contributed by atoms with Crippen molar-refractivity contribution in [1.82, 2.24) is 10.3 Å². The molecule has 5 heteroatoms. The Bertz CT molecular complexity index is 522. The van der Waals surface area contributed by atoms with Crippen molar-refractivity contribution in [2.75, 3.05) is 6.54 Å². The summed E-state index contributed by atoms with van der Waals surface area (Å²) in [6.45, 7) is 0.382. The molecule has 2 rings (SSSR count). The molecular weight excluding hydrogens is 228 g/mol. The van der Waals surface area contributed by atoms with E-state index in [9.17, 15) is 4.79 Å². The fourth-order valence-electron chi connectivity index (χ4n) is 1.71. The van der Waals surface area contributed by atoms with Crippen LogP contribution in [0.3, 0.4) is 0 Å². The minimum atomic E-state index is -1.01. The molecule has 4 nitrogen and oxygen atoms in total. The Morgan fingerprint density at radius 1 is 1.50 bits per heavy atom. The smallest absolute Gasteiger partial charge is 0.404 e. The first-order valence-corrected chi connectivity index (χ1v) is 5.27. The third-order valence-corrected chi connectivity index (χ3v) is 2.72. The molecule has 0 spiro atoms. The first-order valence-electron chi connectivity index (χ1n) is 4.90. The Morgan fingerprint density at radius 3 is 3.06 bits per heavy atom. The Balaban J connectivity index is 2.21. The van der Waals surface area contributed by atoms with Gasteiger partial charge in [0.2, 0.25) is 0 Å². The highest BCUT2D eigenvalue weighted by Gasteiger charge is 2.07. The van der Waals surface area contributed by atoms with Gasteiger partial charge in [-0.15, -0.1) is 0 Å². The number of nitrogens with one attached hydrogen (secondary N) is 2. The van der Waals surface area contributed by atoms with Crippen molar-refractivity contribution in [1.29, 1.82) is 0 Å². The molecular formula is C11H11ClN2O2. The number of amides is 1. The third kappa shape index (κ3) is 2.12. The Hall–Kier alpha value is -1.68. The number of halogens is 1. The highest BCUT2D eigenvalue weighted by molar-refractivity contribution is 6.35. The van der Waals surface area contributed by atoms with E-state index in [4.69, 9.17) is 16.7 Å². The van der Waals surface area contributed by atoms with E-state index in [1.54, 1.807) is 0 Å². The summed E-state index contributed by atoms with van der Waals surface area (Å²) in [6, 6.07) is 5.64. The van der Waals surface area contributed by atoms with Crippen molar-refractivity contribution in [3.8, 4) is 0 Å². The van der Waals surface area contributed by atoms with Gasteiger partial charge in [-0.25, -0.2) is 4.79 Å². The first-order chi connectivity index (χ1) is 7.68. The van der Waals surface area contributed by atoms with Gasteiger partial charge in [0.15, 0.2) is 0 Å². The molecule has 0 saturated carbocycles. The molecule has 0 radical (unpaired) electrons. The van der Waals surface area contributed by atoms with Crippen LogP contribution >= 0.6 is 11.6 Å². The minimum absolute atomic E-state index is 0.382. The number of carboxylic acid groups (broad SMARTS) is 1. The zero-order chi connectivity index (χ0) is 11.5. The number of benzene rings is 1. The van der Waals surface area contributed by atoms with Crippen LogP contribution in [0.2, 0.25) is 5.02 Å². The van der Waals surface area contributed by atoms with Crippen molar-refractivity contribution in [2.45, 2.75) is 6.42 Å². The highest BCUT2D eigenvalue weighted by atomic mass is 35.5. The molecule has 1 aromatic heterocycles. The number of aromatic nitrogens is 1. The molecule has 0 aliphatic heterocycles. The Kier molecular flexibility index (Phi) is 3.01. The van der Waals surface area contributed by atoms with Crippen LogP contribution < -0.4 is 5.32 Å². The fraction of sp³-hybridized carbons (Fsp3) is 0.182. The summed E-state index contributed by atoms with van der Waals surface area (Å²) in [5.74, 6) is 0. The molecule has 1 amide bonds. The van der Waals surface area contributed by atoms with Gasteiger partial charge in [-0.2, -0.15) is 0 Å². The van der Waals surface area contributed by atoms with E-state index >= 15 is 0 Å². The van der Waals surface area contributed by atoms with Crippen LogP contribution in [0.1, 0.15) is 5.56 Å². The molecule has 3 N–H and O–H groups in total. The van der Waals surface area contributed by atoms with Gasteiger partial charge in [0, 0.05) is 23.6 Å². The molecule has 0 fully saturated rings. The van der Waals surface area contributed by atoms with Crippen LogP contribution in [0, 0.1) is 0 Å². The SMILES string of the molecule is O=C(O)NCCc1c[nH]c2cccc(Cl)c12. The summed E-state index contributed by atoms with van der Waals surface area (Å²) in [5.41, 5.74) is 1.99. The van der Waals surface area contributed by atoms with Gasteiger partial charge in [0.05, 0.1) is 5.02 Å². The van der Waals surface area contributed by atoms with E-state index in [-0.39, 0.29) is 0 Å². The summed E-state index contributed by atoms with van der Waals surface area (Å²) in [7, 11) is 0.